The van der Waals surface area contributed by atoms with E-state index >= 15 is 0 Å². The Morgan fingerprint density at radius 3 is 2.74 bits per heavy atom. The summed E-state index contributed by atoms with van der Waals surface area (Å²) in [6.07, 6.45) is 14.8. The van der Waals surface area contributed by atoms with Crippen LogP contribution < -0.4 is 15.5 Å². The monoisotopic (exact) mass is 512 g/mol. The first-order chi connectivity index (χ1) is 16.9. The van der Waals surface area contributed by atoms with Crippen LogP contribution in [-0.2, 0) is 4.79 Å². The van der Waals surface area contributed by atoms with Gasteiger partial charge in [0.25, 0.3) is 5.91 Å². The number of anilines is 1. The minimum atomic E-state index is -0.234. The number of nitrogens with zero attached hydrogens (tertiary/aromatic N) is 2. The Hall–Kier alpha value is -2.51. The van der Waals surface area contributed by atoms with E-state index in [1.165, 1.54) is 0 Å². The van der Waals surface area contributed by atoms with E-state index < -0.39 is 0 Å². The predicted octanol–water partition coefficient (Wildman–Crippen LogP) is 5.09. The average molecular weight is 513 g/mol. The van der Waals surface area contributed by atoms with Gasteiger partial charge in [0.05, 0.1) is 6.04 Å². The number of halogens is 1. The second-order valence-corrected chi connectivity index (χ2v) is 10.7. The van der Waals surface area contributed by atoms with Gasteiger partial charge in [0.2, 0.25) is 5.91 Å². The van der Waals surface area contributed by atoms with E-state index in [0.717, 1.165) is 60.6 Å². The van der Waals surface area contributed by atoms with Crippen molar-refractivity contribution in [1.29, 1.82) is 0 Å². The fourth-order valence-electron chi connectivity index (χ4n) is 4.95. The van der Waals surface area contributed by atoms with Gasteiger partial charge in [-0.25, -0.2) is 0 Å². The number of hydrogen-bond acceptors (Lipinski definition) is 5. The molecule has 1 unspecified atom stereocenters. The molecule has 1 fully saturated rings. The maximum atomic E-state index is 13.3. The lowest BCUT2D eigenvalue weighted by Gasteiger charge is -2.29. The smallest absolute Gasteiger partial charge is 0.251 e. The van der Waals surface area contributed by atoms with Crippen LogP contribution >= 0.6 is 23.4 Å². The number of allylic oxidation sites excluding steroid dienone is 4. The third kappa shape index (κ3) is 6.01. The number of carbonyl (C=O) groups excluding carboxylic acids is 2. The van der Waals surface area contributed by atoms with Crippen molar-refractivity contribution >= 4 is 46.7 Å². The number of benzene rings is 1. The highest BCUT2D eigenvalue weighted by molar-refractivity contribution is 7.98. The minimum Gasteiger partial charge on any atom is -0.344 e. The third-order valence-corrected chi connectivity index (χ3v) is 7.62. The molecule has 2 aliphatic carbocycles. The Morgan fingerprint density at radius 1 is 1.29 bits per heavy atom. The summed E-state index contributed by atoms with van der Waals surface area (Å²) in [7, 11) is 0. The summed E-state index contributed by atoms with van der Waals surface area (Å²) in [6, 6.07) is 5.50. The Bertz CT molecular complexity index is 1100. The molecule has 3 aliphatic rings. The lowest BCUT2D eigenvalue weighted by molar-refractivity contribution is -0.117. The van der Waals surface area contributed by atoms with Gasteiger partial charge in [-0.1, -0.05) is 30.5 Å². The summed E-state index contributed by atoms with van der Waals surface area (Å²) in [5.41, 5.74) is 3.36. The fraction of sp³-hybridized carbons (Fsp3) is 0.444. The molecule has 0 spiro atoms. The van der Waals surface area contributed by atoms with Crippen LogP contribution in [0.25, 0.3) is 0 Å². The largest absolute Gasteiger partial charge is 0.344 e. The summed E-state index contributed by atoms with van der Waals surface area (Å²) < 4.78 is 0. The van der Waals surface area contributed by atoms with Gasteiger partial charge in [0.15, 0.2) is 0 Å². The molecule has 1 aromatic carbocycles. The van der Waals surface area contributed by atoms with E-state index in [1.54, 1.807) is 18.7 Å². The van der Waals surface area contributed by atoms with Crippen LogP contribution in [0.4, 0.5) is 5.69 Å². The van der Waals surface area contributed by atoms with Crippen molar-refractivity contribution in [2.75, 3.05) is 16.9 Å². The summed E-state index contributed by atoms with van der Waals surface area (Å²) in [5, 5.41) is 7.23. The average Bonchev–Trinajstić information content (AvgIpc) is 3.47. The Kier molecular flexibility index (Phi) is 8.39. The molecular formula is C27H33ClN4O2S. The van der Waals surface area contributed by atoms with Crippen molar-refractivity contribution < 1.29 is 9.59 Å². The molecule has 186 valence electrons. The van der Waals surface area contributed by atoms with E-state index in [4.69, 9.17) is 16.6 Å². The van der Waals surface area contributed by atoms with Crippen LogP contribution in [0, 0.1) is 6.92 Å². The number of aryl methyl sites for hydroxylation is 1. The van der Waals surface area contributed by atoms with Gasteiger partial charge in [-0.15, -0.1) is 0 Å². The number of nitrogens with one attached hydrogen (secondary N) is 2. The van der Waals surface area contributed by atoms with Crippen LogP contribution in [0.5, 0.6) is 0 Å². The highest BCUT2D eigenvalue weighted by atomic mass is 35.5. The third-order valence-electron chi connectivity index (χ3n) is 6.72. The molecule has 6 nitrogen and oxygen atoms in total. The number of amidine groups is 1. The topological polar surface area (TPSA) is 73.8 Å². The van der Waals surface area contributed by atoms with Crippen LogP contribution in [-0.4, -0.2) is 47.8 Å². The summed E-state index contributed by atoms with van der Waals surface area (Å²) >= 11 is 7.84. The summed E-state index contributed by atoms with van der Waals surface area (Å²) in [4.78, 5) is 32.4. The van der Waals surface area contributed by atoms with Crippen molar-refractivity contribution in [3.8, 4) is 0 Å². The molecule has 1 saturated carbocycles. The van der Waals surface area contributed by atoms with Crippen molar-refractivity contribution in [2.24, 2.45) is 4.99 Å². The minimum absolute atomic E-state index is 0.0522. The first-order valence-electron chi connectivity index (χ1n) is 12.2. The van der Waals surface area contributed by atoms with Gasteiger partial charge in [0, 0.05) is 34.9 Å². The van der Waals surface area contributed by atoms with Crippen LogP contribution in [0.2, 0.25) is 0 Å². The molecule has 0 aromatic heterocycles. The number of amides is 2. The van der Waals surface area contributed by atoms with Gasteiger partial charge in [-0.2, -0.15) is 11.8 Å². The zero-order valence-electron chi connectivity index (χ0n) is 20.5. The summed E-state index contributed by atoms with van der Waals surface area (Å²) in [6.45, 7) is 3.59. The molecule has 8 heteroatoms. The van der Waals surface area contributed by atoms with Gasteiger partial charge >= 0.3 is 0 Å². The van der Waals surface area contributed by atoms with Crippen molar-refractivity contribution in [3.63, 3.8) is 0 Å². The normalized spacial score (nSPS) is 20.2. The van der Waals surface area contributed by atoms with E-state index in [9.17, 15) is 9.59 Å². The lowest BCUT2D eigenvalue weighted by atomic mass is 10.0. The Morgan fingerprint density at radius 2 is 2.06 bits per heavy atom. The van der Waals surface area contributed by atoms with Crippen LogP contribution in [0.1, 0.15) is 54.9 Å². The molecule has 1 aliphatic heterocycles. The Labute approximate surface area is 217 Å². The van der Waals surface area contributed by atoms with E-state index in [0.29, 0.717) is 10.6 Å². The highest BCUT2D eigenvalue weighted by Gasteiger charge is 2.29. The highest BCUT2D eigenvalue weighted by Crippen LogP contribution is 2.31. The van der Waals surface area contributed by atoms with Crippen LogP contribution in [0.15, 0.2) is 58.2 Å². The maximum Gasteiger partial charge on any atom is 0.251 e. The van der Waals surface area contributed by atoms with Crippen LogP contribution in [0.3, 0.4) is 0 Å². The molecule has 1 heterocycles. The molecule has 2 atom stereocenters. The standard InChI is InChI=1S/C27H33ClN4O2S/c1-17-16-19(8-13-25(17)32(18(2)33)21-6-4-5-7-21)27(34)31-24(14-15-35-3)26-29-22-11-9-20(28)10-12-23(22)30-26/h8-13,16,21-22,24H,4-7,14-15H2,1-3H3,(H,29,30)(H,31,34)/t22?,24-/m0/s1. The van der Waals surface area contributed by atoms with Gasteiger partial charge < -0.3 is 15.5 Å². The van der Waals surface area contributed by atoms with Gasteiger partial charge in [-0.05, 0) is 80.2 Å². The number of aliphatic imine (C=N–C) groups is 1. The zero-order valence-corrected chi connectivity index (χ0v) is 22.1. The molecule has 2 amide bonds. The quantitative estimate of drug-likeness (QED) is 0.509. The van der Waals surface area contributed by atoms with E-state index in [2.05, 4.69) is 16.9 Å². The van der Waals surface area contributed by atoms with Gasteiger partial charge in [-0.3, -0.25) is 14.6 Å². The van der Waals surface area contributed by atoms with Crippen molar-refractivity contribution in [3.05, 3.63) is 64.4 Å². The molecule has 0 radical (unpaired) electrons. The molecule has 2 N–H and O–H groups in total. The van der Waals surface area contributed by atoms with E-state index in [1.807, 2.05) is 54.3 Å². The predicted molar refractivity (Wildman–Crippen MR) is 146 cm³/mol. The molecular weight excluding hydrogens is 480 g/mol. The molecule has 4 rings (SSSR count). The molecule has 0 saturated heterocycles. The number of fused-ring (bicyclic) bond motifs is 1. The van der Waals surface area contributed by atoms with Gasteiger partial charge in [0.1, 0.15) is 11.9 Å². The fourth-order valence-corrected chi connectivity index (χ4v) is 5.56. The SMILES string of the molecule is CSCC[C@H](NC(=O)c1ccc(N(C(C)=O)C2CCCC2)c(C)c1)C1=NC2C=CC(Cl)=CC=C2N1. The number of carbonyl (C=O) groups is 2. The van der Waals surface area contributed by atoms with Crippen molar-refractivity contribution in [2.45, 2.75) is 64.1 Å². The Balaban J connectivity index is 1.51. The zero-order chi connectivity index (χ0) is 24.9. The molecule has 0 bridgehead atoms. The second-order valence-electron chi connectivity index (χ2n) is 9.25. The number of thioether (sulfide) groups is 1. The first-order valence-corrected chi connectivity index (χ1v) is 13.9. The second kappa shape index (κ2) is 11.5. The van der Waals surface area contributed by atoms with Crippen molar-refractivity contribution in [1.82, 2.24) is 10.6 Å². The maximum absolute atomic E-state index is 13.3. The number of rotatable bonds is 8. The molecule has 35 heavy (non-hydrogen) atoms. The van der Waals surface area contributed by atoms with E-state index in [-0.39, 0.29) is 29.9 Å². The lowest BCUT2D eigenvalue weighted by Crippen LogP contribution is -2.45. The first kappa shape index (κ1) is 25.6. The summed E-state index contributed by atoms with van der Waals surface area (Å²) in [5.74, 6) is 1.56. The number of hydrogen-bond donors (Lipinski definition) is 2. The molecule has 1 aromatic rings.